The number of aliphatic carboxylic acids is 1. The topological polar surface area (TPSA) is 76.2 Å². The lowest BCUT2D eigenvalue weighted by Crippen LogP contribution is -2.40. The summed E-state index contributed by atoms with van der Waals surface area (Å²) in [6.07, 6.45) is 5.36. The Bertz CT molecular complexity index is 379. The molecule has 0 spiro atoms. The van der Waals surface area contributed by atoms with Crippen molar-refractivity contribution in [3.63, 3.8) is 0 Å². The van der Waals surface area contributed by atoms with Crippen LogP contribution >= 0.6 is 0 Å². The van der Waals surface area contributed by atoms with Crippen LogP contribution in [0, 0.1) is 11.3 Å². The smallest absolute Gasteiger partial charge is 0.310 e. The van der Waals surface area contributed by atoms with Crippen LogP contribution in [-0.2, 0) is 11.2 Å². The van der Waals surface area contributed by atoms with Crippen LogP contribution in [0.5, 0.6) is 0 Å². The number of nitrogens with zero attached hydrogens (tertiary/aromatic N) is 1. The molecule has 18 heavy (non-hydrogen) atoms. The minimum atomic E-state index is -0.815. The fourth-order valence-electron chi connectivity index (χ4n) is 2.28. The standard InChI is InChI=1S/C14H22N2O2/c1-11(2)8-14(10-15,13(17)18)6-5-12-4-3-7-16-9-12/h3-4,7,9,11H,5-6,8,10,15H2,1-2H3,(H,17,18). The number of aromatic nitrogens is 1. The maximum absolute atomic E-state index is 11.5. The highest BCUT2D eigenvalue weighted by molar-refractivity contribution is 5.75. The van der Waals surface area contributed by atoms with Crippen molar-refractivity contribution in [2.24, 2.45) is 17.1 Å². The molecule has 1 aromatic rings. The van der Waals surface area contributed by atoms with Crippen LogP contribution < -0.4 is 5.73 Å². The van der Waals surface area contributed by atoms with E-state index in [-0.39, 0.29) is 6.54 Å². The highest BCUT2D eigenvalue weighted by Crippen LogP contribution is 2.31. The van der Waals surface area contributed by atoms with Crippen LogP contribution in [0.1, 0.15) is 32.3 Å². The van der Waals surface area contributed by atoms with E-state index in [0.717, 1.165) is 5.56 Å². The molecule has 0 aromatic carbocycles. The lowest BCUT2D eigenvalue weighted by Gasteiger charge is -2.29. The molecule has 0 aliphatic rings. The van der Waals surface area contributed by atoms with Gasteiger partial charge in [-0.05, 0) is 36.8 Å². The summed E-state index contributed by atoms with van der Waals surface area (Å²) in [4.78, 5) is 15.6. The number of hydrogen-bond acceptors (Lipinski definition) is 3. The number of carboxylic acid groups (broad SMARTS) is 1. The fourth-order valence-corrected chi connectivity index (χ4v) is 2.28. The van der Waals surface area contributed by atoms with Gasteiger partial charge in [0.05, 0.1) is 5.41 Å². The number of aryl methyl sites for hydroxylation is 1. The van der Waals surface area contributed by atoms with Crippen LogP contribution in [-0.4, -0.2) is 22.6 Å². The normalized spacial score (nSPS) is 14.4. The van der Waals surface area contributed by atoms with Crippen molar-refractivity contribution in [2.45, 2.75) is 33.1 Å². The van der Waals surface area contributed by atoms with Gasteiger partial charge < -0.3 is 10.8 Å². The van der Waals surface area contributed by atoms with Gasteiger partial charge in [0.1, 0.15) is 0 Å². The molecule has 0 saturated heterocycles. The lowest BCUT2D eigenvalue weighted by molar-refractivity contribution is -0.149. The van der Waals surface area contributed by atoms with E-state index in [2.05, 4.69) is 4.98 Å². The molecule has 0 aliphatic heterocycles. The number of carboxylic acids is 1. The van der Waals surface area contributed by atoms with Crippen molar-refractivity contribution in [2.75, 3.05) is 6.54 Å². The Kier molecular flexibility index (Phi) is 5.28. The molecule has 0 radical (unpaired) electrons. The molecule has 0 bridgehead atoms. The predicted octanol–water partition coefficient (Wildman–Crippen LogP) is 2.09. The van der Waals surface area contributed by atoms with Crippen molar-refractivity contribution < 1.29 is 9.90 Å². The molecule has 100 valence electrons. The zero-order valence-corrected chi connectivity index (χ0v) is 11.1. The molecule has 4 nitrogen and oxygen atoms in total. The largest absolute Gasteiger partial charge is 0.481 e. The van der Waals surface area contributed by atoms with Gasteiger partial charge in [0, 0.05) is 18.9 Å². The first-order valence-corrected chi connectivity index (χ1v) is 6.32. The van der Waals surface area contributed by atoms with Crippen molar-refractivity contribution >= 4 is 5.97 Å². The zero-order chi connectivity index (χ0) is 13.6. The first-order valence-electron chi connectivity index (χ1n) is 6.32. The Labute approximate surface area is 108 Å². The maximum atomic E-state index is 11.5. The molecule has 1 unspecified atom stereocenters. The second-order valence-electron chi connectivity index (χ2n) is 5.25. The van der Waals surface area contributed by atoms with Crippen molar-refractivity contribution in [3.05, 3.63) is 30.1 Å². The number of hydrogen-bond donors (Lipinski definition) is 2. The number of nitrogens with two attached hydrogens (primary N) is 1. The van der Waals surface area contributed by atoms with E-state index < -0.39 is 11.4 Å². The Hall–Kier alpha value is -1.42. The molecule has 1 heterocycles. The average Bonchev–Trinajstić information content (AvgIpc) is 2.35. The van der Waals surface area contributed by atoms with Gasteiger partial charge in [0.2, 0.25) is 0 Å². The van der Waals surface area contributed by atoms with Crippen LogP contribution in [0.2, 0.25) is 0 Å². The highest BCUT2D eigenvalue weighted by atomic mass is 16.4. The van der Waals surface area contributed by atoms with Gasteiger partial charge in [0.15, 0.2) is 0 Å². The molecule has 1 aromatic heterocycles. The SMILES string of the molecule is CC(C)CC(CN)(CCc1cccnc1)C(=O)O. The molecular weight excluding hydrogens is 228 g/mol. The van der Waals surface area contributed by atoms with Gasteiger partial charge in [-0.1, -0.05) is 19.9 Å². The van der Waals surface area contributed by atoms with Crippen LogP contribution in [0.3, 0.4) is 0 Å². The van der Waals surface area contributed by atoms with E-state index >= 15 is 0 Å². The summed E-state index contributed by atoms with van der Waals surface area (Å²) in [6, 6.07) is 3.83. The molecular formula is C14H22N2O2. The Morgan fingerprint density at radius 1 is 1.56 bits per heavy atom. The third-order valence-corrected chi connectivity index (χ3v) is 3.26. The minimum absolute atomic E-state index is 0.181. The van der Waals surface area contributed by atoms with E-state index in [4.69, 9.17) is 5.73 Å². The van der Waals surface area contributed by atoms with Crippen molar-refractivity contribution in [1.82, 2.24) is 4.98 Å². The second kappa shape index (κ2) is 6.50. The lowest BCUT2D eigenvalue weighted by atomic mass is 9.76. The zero-order valence-electron chi connectivity index (χ0n) is 11.1. The first kappa shape index (κ1) is 14.6. The van der Waals surface area contributed by atoms with E-state index in [1.54, 1.807) is 12.4 Å². The monoisotopic (exact) mass is 250 g/mol. The van der Waals surface area contributed by atoms with E-state index in [1.807, 2.05) is 26.0 Å². The molecule has 0 saturated carbocycles. The average molecular weight is 250 g/mol. The Morgan fingerprint density at radius 3 is 2.72 bits per heavy atom. The fraction of sp³-hybridized carbons (Fsp3) is 0.571. The predicted molar refractivity (Wildman–Crippen MR) is 71.1 cm³/mol. The van der Waals surface area contributed by atoms with Gasteiger partial charge in [-0.25, -0.2) is 0 Å². The summed E-state index contributed by atoms with van der Waals surface area (Å²) in [5.41, 5.74) is 5.97. The quantitative estimate of drug-likeness (QED) is 0.777. The van der Waals surface area contributed by atoms with Gasteiger partial charge in [-0.2, -0.15) is 0 Å². The molecule has 4 heteroatoms. The summed E-state index contributed by atoms with van der Waals surface area (Å²) >= 11 is 0. The first-order chi connectivity index (χ1) is 8.50. The van der Waals surface area contributed by atoms with Gasteiger partial charge in [0.25, 0.3) is 0 Å². The van der Waals surface area contributed by atoms with E-state index in [9.17, 15) is 9.90 Å². The van der Waals surface area contributed by atoms with Crippen LogP contribution in [0.25, 0.3) is 0 Å². The summed E-state index contributed by atoms with van der Waals surface area (Å²) in [7, 11) is 0. The molecule has 1 rings (SSSR count). The number of pyridine rings is 1. The minimum Gasteiger partial charge on any atom is -0.481 e. The van der Waals surface area contributed by atoms with Gasteiger partial charge in [-0.3, -0.25) is 9.78 Å². The third kappa shape index (κ3) is 3.81. The molecule has 0 amide bonds. The number of rotatable bonds is 7. The molecule has 3 N–H and O–H groups in total. The summed E-state index contributed by atoms with van der Waals surface area (Å²) in [5.74, 6) is -0.471. The van der Waals surface area contributed by atoms with Gasteiger partial charge >= 0.3 is 5.97 Å². The molecule has 0 aliphatic carbocycles. The molecule has 0 fully saturated rings. The number of carbonyl (C=O) groups is 1. The summed E-state index contributed by atoms with van der Waals surface area (Å²) in [6.45, 7) is 4.23. The van der Waals surface area contributed by atoms with E-state index in [1.165, 1.54) is 0 Å². The Balaban J connectivity index is 2.75. The van der Waals surface area contributed by atoms with Crippen LogP contribution in [0.15, 0.2) is 24.5 Å². The molecule has 1 atom stereocenters. The van der Waals surface area contributed by atoms with E-state index in [0.29, 0.717) is 25.2 Å². The van der Waals surface area contributed by atoms with Crippen LogP contribution in [0.4, 0.5) is 0 Å². The van der Waals surface area contributed by atoms with Gasteiger partial charge in [-0.15, -0.1) is 0 Å². The Morgan fingerprint density at radius 2 is 2.28 bits per heavy atom. The van der Waals surface area contributed by atoms with Crippen molar-refractivity contribution in [3.8, 4) is 0 Å². The third-order valence-electron chi connectivity index (χ3n) is 3.26. The van der Waals surface area contributed by atoms with Crippen molar-refractivity contribution in [1.29, 1.82) is 0 Å². The maximum Gasteiger partial charge on any atom is 0.310 e. The highest BCUT2D eigenvalue weighted by Gasteiger charge is 2.37. The summed E-state index contributed by atoms with van der Waals surface area (Å²) in [5, 5.41) is 9.46. The second-order valence-corrected chi connectivity index (χ2v) is 5.25. The summed E-state index contributed by atoms with van der Waals surface area (Å²) < 4.78 is 0.